The monoisotopic (exact) mass is 188 g/mol. The summed E-state index contributed by atoms with van der Waals surface area (Å²) in [4.78, 5) is 3.83. The van der Waals surface area contributed by atoms with E-state index >= 15 is 0 Å². The number of nitrogens with zero attached hydrogens (tertiary/aromatic N) is 2. The van der Waals surface area contributed by atoms with Gasteiger partial charge in [-0.15, -0.1) is 0 Å². The fraction of sp³-hybridized carbons (Fsp3) is 0. The standard InChI is InChI=1S/C10H8N2O2/c13-9-4-1-8(2-5-9)3-6-10-11-7-14-12-10/h1-7,13H/b6-3-. The van der Waals surface area contributed by atoms with Crippen LogP contribution < -0.4 is 0 Å². The molecule has 0 saturated carbocycles. The first-order chi connectivity index (χ1) is 6.84. The first-order valence-electron chi connectivity index (χ1n) is 4.08. The van der Waals surface area contributed by atoms with Gasteiger partial charge in [-0.05, 0) is 23.8 Å². The minimum Gasteiger partial charge on any atom is -0.508 e. The smallest absolute Gasteiger partial charge is 0.214 e. The third-order valence-corrected chi connectivity index (χ3v) is 1.70. The van der Waals surface area contributed by atoms with E-state index in [-0.39, 0.29) is 5.75 Å². The number of aromatic hydroxyl groups is 1. The lowest BCUT2D eigenvalue weighted by atomic mass is 10.2. The Hall–Kier alpha value is -2.10. The molecular formula is C10H8N2O2. The van der Waals surface area contributed by atoms with Crippen LogP contribution in [0.25, 0.3) is 12.2 Å². The van der Waals surface area contributed by atoms with Crippen LogP contribution in [0, 0.1) is 0 Å². The van der Waals surface area contributed by atoms with Crippen molar-refractivity contribution in [1.82, 2.24) is 10.1 Å². The SMILES string of the molecule is Oc1ccc(/C=C\c2ncon2)cc1. The molecule has 4 heteroatoms. The lowest BCUT2D eigenvalue weighted by molar-refractivity contribution is 0.415. The van der Waals surface area contributed by atoms with Crippen molar-refractivity contribution >= 4 is 12.2 Å². The predicted molar refractivity (Wildman–Crippen MR) is 51.3 cm³/mol. The number of phenols is 1. The summed E-state index contributed by atoms with van der Waals surface area (Å²) in [5.41, 5.74) is 0.965. The maximum absolute atomic E-state index is 9.05. The summed E-state index contributed by atoms with van der Waals surface area (Å²) in [5, 5.41) is 12.7. The highest BCUT2D eigenvalue weighted by Crippen LogP contribution is 2.11. The number of phenolic OH excluding ortho intramolecular Hbond substituents is 1. The second kappa shape index (κ2) is 3.74. The Bertz CT molecular complexity index is 418. The van der Waals surface area contributed by atoms with Gasteiger partial charge >= 0.3 is 0 Å². The van der Waals surface area contributed by atoms with Crippen LogP contribution in [0.5, 0.6) is 5.75 Å². The van der Waals surface area contributed by atoms with Gasteiger partial charge in [0.2, 0.25) is 6.39 Å². The maximum Gasteiger partial charge on any atom is 0.214 e. The largest absolute Gasteiger partial charge is 0.508 e. The minimum absolute atomic E-state index is 0.252. The second-order valence-electron chi connectivity index (χ2n) is 2.71. The summed E-state index contributed by atoms with van der Waals surface area (Å²) >= 11 is 0. The Labute approximate surface area is 80.5 Å². The van der Waals surface area contributed by atoms with Crippen molar-refractivity contribution < 1.29 is 9.63 Å². The van der Waals surface area contributed by atoms with Gasteiger partial charge in [0.15, 0.2) is 5.82 Å². The third-order valence-electron chi connectivity index (χ3n) is 1.70. The van der Waals surface area contributed by atoms with Gasteiger partial charge in [-0.1, -0.05) is 23.4 Å². The topological polar surface area (TPSA) is 59.2 Å². The fourth-order valence-corrected chi connectivity index (χ4v) is 1.01. The highest BCUT2D eigenvalue weighted by Gasteiger charge is 1.91. The molecule has 0 saturated heterocycles. The van der Waals surface area contributed by atoms with Crippen molar-refractivity contribution in [2.24, 2.45) is 0 Å². The van der Waals surface area contributed by atoms with Crippen molar-refractivity contribution in [2.45, 2.75) is 0 Å². The fourth-order valence-electron chi connectivity index (χ4n) is 1.01. The minimum atomic E-state index is 0.252. The molecule has 1 aromatic carbocycles. The van der Waals surface area contributed by atoms with E-state index in [2.05, 4.69) is 14.7 Å². The zero-order chi connectivity index (χ0) is 9.80. The van der Waals surface area contributed by atoms with Gasteiger partial charge in [-0.3, -0.25) is 0 Å². The van der Waals surface area contributed by atoms with Gasteiger partial charge in [0, 0.05) is 0 Å². The molecule has 0 aliphatic rings. The van der Waals surface area contributed by atoms with Gasteiger partial charge < -0.3 is 9.63 Å². The van der Waals surface area contributed by atoms with E-state index in [1.807, 2.05) is 6.08 Å². The quantitative estimate of drug-likeness (QED) is 0.782. The summed E-state index contributed by atoms with van der Waals surface area (Å²) < 4.78 is 4.57. The van der Waals surface area contributed by atoms with Crippen molar-refractivity contribution in [3.8, 4) is 5.75 Å². The molecule has 1 aromatic heterocycles. The third kappa shape index (κ3) is 1.98. The van der Waals surface area contributed by atoms with Crippen LogP contribution in [-0.2, 0) is 0 Å². The number of aromatic nitrogens is 2. The van der Waals surface area contributed by atoms with E-state index < -0.39 is 0 Å². The van der Waals surface area contributed by atoms with E-state index in [1.165, 1.54) is 6.39 Å². The van der Waals surface area contributed by atoms with Gasteiger partial charge in [-0.25, -0.2) is 0 Å². The second-order valence-corrected chi connectivity index (χ2v) is 2.71. The van der Waals surface area contributed by atoms with Gasteiger partial charge in [0.25, 0.3) is 0 Å². The van der Waals surface area contributed by atoms with Crippen molar-refractivity contribution in [3.05, 3.63) is 42.0 Å². The molecule has 0 bridgehead atoms. The van der Waals surface area contributed by atoms with Gasteiger partial charge in [0.1, 0.15) is 5.75 Å². The van der Waals surface area contributed by atoms with Gasteiger partial charge in [-0.2, -0.15) is 4.98 Å². The van der Waals surface area contributed by atoms with Crippen LogP contribution in [0.15, 0.2) is 35.2 Å². The van der Waals surface area contributed by atoms with E-state index in [0.717, 1.165) is 5.56 Å². The summed E-state index contributed by atoms with van der Waals surface area (Å²) in [6, 6.07) is 6.84. The van der Waals surface area contributed by atoms with E-state index in [9.17, 15) is 0 Å². The van der Waals surface area contributed by atoms with Crippen LogP contribution in [0.1, 0.15) is 11.4 Å². The molecule has 0 amide bonds. The molecule has 0 radical (unpaired) electrons. The zero-order valence-electron chi connectivity index (χ0n) is 7.29. The maximum atomic E-state index is 9.05. The first kappa shape index (κ1) is 8.50. The number of benzene rings is 1. The van der Waals surface area contributed by atoms with Crippen LogP contribution >= 0.6 is 0 Å². The number of rotatable bonds is 2. The lowest BCUT2D eigenvalue weighted by Crippen LogP contribution is -1.74. The first-order valence-corrected chi connectivity index (χ1v) is 4.08. The molecule has 70 valence electrons. The van der Waals surface area contributed by atoms with Crippen LogP contribution in [0.2, 0.25) is 0 Å². The summed E-state index contributed by atoms with van der Waals surface area (Å²) in [5.74, 6) is 0.778. The molecule has 1 heterocycles. The highest BCUT2D eigenvalue weighted by molar-refractivity contribution is 5.66. The Balaban J connectivity index is 2.15. The molecule has 4 nitrogen and oxygen atoms in total. The van der Waals surface area contributed by atoms with E-state index in [0.29, 0.717) is 5.82 Å². The van der Waals surface area contributed by atoms with Crippen LogP contribution in [-0.4, -0.2) is 15.2 Å². The lowest BCUT2D eigenvalue weighted by Gasteiger charge is -1.92. The Morgan fingerprint density at radius 3 is 2.57 bits per heavy atom. The molecule has 0 fully saturated rings. The Morgan fingerprint density at radius 2 is 1.93 bits per heavy atom. The molecular weight excluding hydrogens is 180 g/mol. The summed E-state index contributed by atoms with van der Waals surface area (Å²) in [6.45, 7) is 0. The predicted octanol–water partition coefficient (Wildman–Crippen LogP) is 1.95. The van der Waals surface area contributed by atoms with Crippen LogP contribution in [0.4, 0.5) is 0 Å². The summed E-state index contributed by atoms with van der Waals surface area (Å²) in [6.07, 6.45) is 4.84. The van der Waals surface area contributed by atoms with Crippen molar-refractivity contribution in [1.29, 1.82) is 0 Å². The molecule has 0 aliphatic heterocycles. The van der Waals surface area contributed by atoms with E-state index in [4.69, 9.17) is 5.11 Å². The van der Waals surface area contributed by atoms with Crippen LogP contribution in [0.3, 0.4) is 0 Å². The molecule has 0 unspecified atom stereocenters. The average molecular weight is 188 g/mol. The molecule has 0 atom stereocenters. The number of hydrogen-bond donors (Lipinski definition) is 1. The average Bonchev–Trinajstić information content (AvgIpc) is 2.70. The molecule has 0 aliphatic carbocycles. The molecule has 1 N–H and O–H groups in total. The Morgan fingerprint density at radius 1 is 1.14 bits per heavy atom. The molecule has 2 aromatic rings. The van der Waals surface area contributed by atoms with E-state index in [1.54, 1.807) is 30.3 Å². The molecule has 14 heavy (non-hydrogen) atoms. The molecule has 0 spiro atoms. The zero-order valence-corrected chi connectivity index (χ0v) is 7.29. The number of hydrogen-bond acceptors (Lipinski definition) is 4. The van der Waals surface area contributed by atoms with Crippen molar-refractivity contribution in [2.75, 3.05) is 0 Å². The van der Waals surface area contributed by atoms with Crippen molar-refractivity contribution in [3.63, 3.8) is 0 Å². The molecule has 2 rings (SSSR count). The summed E-state index contributed by atoms with van der Waals surface area (Å²) in [7, 11) is 0. The highest BCUT2D eigenvalue weighted by atomic mass is 16.5. The van der Waals surface area contributed by atoms with Gasteiger partial charge in [0.05, 0.1) is 0 Å². The normalized spacial score (nSPS) is 10.9. The Kier molecular flexibility index (Phi) is 2.27.